The first-order valence-corrected chi connectivity index (χ1v) is 6.68. The van der Waals surface area contributed by atoms with E-state index < -0.39 is 0 Å². The summed E-state index contributed by atoms with van der Waals surface area (Å²) in [5.41, 5.74) is 9.71. The summed E-state index contributed by atoms with van der Waals surface area (Å²) in [4.78, 5) is 2.35. The first kappa shape index (κ1) is 12.2. The Hall–Kier alpha value is -1.88. The normalized spacial score (nSPS) is 19.1. The van der Waals surface area contributed by atoms with E-state index in [9.17, 15) is 0 Å². The number of para-hydroxylation sites is 1. The number of rotatable bonds is 2. The van der Waals surface area contributed by atoms with Crippen molar-refractivity contribution >= 4 is 5.69 Å². The Morgan fingerprint density at radius 3 is 3.00 bits per heavy atom. The lowest BCUT2D eigenvalue weighted by Crippen LogP contribution is -2.23. The number of aryl methyl sites for hydroxylation is 1. The van der Waals surface area contributed by atoms with E-state index in [1.54, 1.807) is 4.68 Å². The van der Waals surface area contributed by atoms with Crippen molar-refractivity contribution in [3.05, 3.63) is 41.7 Å². The quantitative estimate of drug-likeness (QED) is 0.888. The van der Waals surface area contributed by atoms with Crippen molar-refractivity contribution < 1.29 is 0 Å². The van der Waals surface area contributed by atoms with Gasteiger partial charge in [0.15, 0.2) is 0 Å². The molecule has 1 aliphatic rings. The second kappa shape index (κ2) is 5.01. The monoisotopic (exact) mass is 257 g/mol. The molecule has 1 unspecified atom stereocenters. The van der Waals surface area contributed by atoms with Gasteiger partial charge >= 0.3 is 0 Å². The number of hydrogen-bond acceptors (Lipinski definition) is 4. The summed E-state index contributed by atoms with van der Waals surface area (Å²) in [7, 11) is 1.89. The fourth-order valence-electron chi connectivity index (χ4n) is 2.69. The predicted molar refractivity (Wildman–Crippen MR) is 74.7 cm³/mol. The van der Waals surface area contributed by atoms with Gasteiger partial charge in [-0.2, -0.15) is 0 Å². The van der Waals surface area contributed by atoms with E-state index in [4.69, 9.17) is 5.73 Å². The maximum Gasteiger partial charge on any atom is 0.102 e. The highest BCUT2D eigenvalue weighted by atomic mass is 15.4. The molecule has 0 saturated heterocycles. The third-order valence-corrected chi connectivity index (χ3v) is 3.62. The van der Waals surface area contributed by atoms with Crippen LogP contribution in [0.1, 0.15) is 30.1 Å². The molecule has 0 fully saturated rings. The first-order valence-electron chi connectivity index (χ1n) is 6.68. The maximum atomic E-state index is 6.25. The minimum atomic E-state index is 0.142. The van der Waals surface area contributed by atoms with Crippen LogP contribution in [0.5, 0.6) is 0 Å². The molecule has 3 rings (SSSR count). The highest BCUT2D eigenvalue weighted by molar-refractivity contribution is 5.55. The molecule has 5 heteroatoms. The van der Waals surface area contributed by atoms with Crippen molar-refractivity contribution in [3.63, 3.8) is 0 Å². The Labute approximate surface area is 113 Å². The number of anilines is 1. The molecule has 0 bridgehead atoms. The summed E-state index contributed by atoms with van der Waals surface area (Å²) in [5, 5.41) is 8.16. The molecule has 2 aromatic rings. The van der Waals surface area contributed by atoms with Gasteiger partial charge in [0.2, 0.25) is 0 Å². The molecule has 1 aromatic heterocycles. The van der Waals surface area contributed by atoms with Crippen LogP contribution in [0.25, 0.3) is 0 Å². The van der Waals surface area contributed by atoms with E-state index in [-0.39, 0.29) is 6.04 Å². The molecular formula is C14H19N5. The van der Waals surface area contributed by atoms with E-state index in [0.717, 1.165) is 31.6 Å². The lowest BCUT2D eigenvalue weighted by atomic mass is 10.0. The lowest BCUT2D eigenvalue weighted by Gasteiger charge is -2.24. The molecule has 1 aromatic carbocycles. The van der Waals surface area contributed by atoms with E-state index in [0.29, 0.717) is 0 Å². The largest absolute Gasteiger partial charge is 0.365 e. The zero-order valence-electron chi connectivity index (χ0n) is 11.2. The zero-order valence-corrected chi connectivity index (χ0v) is 11.2. The molecular weight excluding hydrogens is 238 g/mol. The van der Waals surface area contributed by atoms with Gasteiger partial charge in [0, 0.05) is 31.5 Å². The molecule has 2 heterocycles. The van der Waals surface area contributed by atoms with Crippen LogP contribution in [0.4, 0.5) is 5.69 Å². The third-order valence-electron chi connectivity index (χ3n) is 3.62. The van der Waals surface area contributed by atoms with Gasteiger partial charge in [0.05, 0.1) is 6.54 Å². The summed E-state index contributed by atoms with van der Waals surface area (Å²) in [6.45, 7) is 1.80. The molecule has 2 N–H and O–H groups in total. The first-order chi connectivity index (χ1) is 9.24. The number of nitrogens with two attached hydrogens (primary N) is 1. The van der Waals surface area contributed by atoms with Crippen LogP contribution in [-0.2, 0) is 13.6 Å². The molecule has 5 nitrogen and oxygen atoms in total. The summed E-state index contributed by atoms with van der Waals surface area (Å²) < 4.78 is 1.74. The Kier molecular flexibility index (Phi) is 3.21. The van der Waals surface area contributed by atoms with Crippen molar-refractivity contribution in [3.8, 4) is 0 Å². The van der Waals surface area contributed by atoms with Crippen LogP contribution in [0.2, 0.25) is 0 Å². The Morgan fingerprint density at radius 2 is 2.21 bits per heavy atom. The maximum absolute atomic E-state index is 6.25. The number of aromatic nitrogens is 3. The van der Waals surface area contributed by atoms with Gasteiger partial charge < -0.3 is 10.6 Å². The van der Waals surface area contributed by atoms with Crippen LogP contribution in [-0.4, -0.2) is 21.5 Å². The minimum absolute atomic E-state index is 0.142. The molecule has 0 saturated carbocycles. The minimum Gasteiger partial charge on any atom is -0.365 e. The number of benzene rings is 1. The van der Waals surface area contributed by atoms with Crippen molar-refractivity contribution in [1.29, 1.82) is 0 Å². The van der Waals surface area contributed by atoms with E-state index in [2.05, 4.69) is 39.5 Å². The predicted octanol–water partition coefficient (Wildman–Crippen LogP) is 1.62. The van der Waals surface area contributed by atoms with E-state index in [1.165, 1.54) is 11.3 Å². The van der Waals surface area contributed by atoms with Gasteiger partial charge in [-0.25, -0.2) is 0 Å². The number of hydrogen-bond donors (Lipinski definition) is 1. The molecule has 100 valence electrons. The standard InChI is InChI=1S/C14H19N5/c1-18-9-11(16-17-18)10-19-8-4-6-13(15)12-5-2-3-7-14(12)19/h2-3,5,7,9,13H,4,6,8,10,15H2,1H3. The fraction of sp³-hybridized carbons (Fsp3) is 0.429. The zero-order chi connectivity index (χ0) is 13.2. The van der Waals surface area contributed by atoms with Gasteiger partial charge in [0.25, 0.3) is 0 Å². The second-order valence-corrected chi connectivity index (χ2v) is 5.11. The summed E-state index contributed by atoms with van der Waals surface area (Å²) in [5.74, 6) is 0. The highest BCUT2D eigenvalue weighted by Crippen LogP contribution is 2.31. The molecule has 0 aliphatic carbocycles. The van der Waals surface area contributed by atoms with Gasteiger partial charge in [0.1, 0.15) is 5.69 Å². The van der Waals surface area contributed by atoms with E-state index >= 15 is 0 Å². The Morgan fingerprint density at radius 1 is 1.37 bits per heavy atom. The van der Waals surface area contributed by atoms with Crippen LogP contribution >= 0.6 is 0 Å². The van der Waals surface area contributed by atoms with Crippen LogP contribution < -0.4 is 10.6 Å². The lowest BCUT2D eigenvalue weighted by molar-refractivity contribution is 0.625. The van der Waals surface area contributed by atoms with E-state index in [1.807, 2.05) is 13.2 Å². The summed E-state index contributed by atoms with van der Waals surface area (Å²) >= 11 is 0. The number of fused-ring (bicyclic) bond motifs is 1. The Balaban J connectivity index is 1.91. The van der Waals surface area contributed by atoms with Gasteiger partial charge in [-0.3, -0.25) is 4.68 Å². The van der Waals surface area contributed by atoms with Crippen LogP contribution in [0.15, 0.2) is 30.5 Å². The average molecular weight is 257 g/mol. The highest BCUT2D eigenvalue weighted by Gasteiger charge is 2.20. The molecule has 1 atom stereocenters. The van der Waals surface area contributed by atoms with Gasteiger partial charge in [-0.15, -0.1) is 5.10 Å². The van der Waals surface area contributed by atoms with Crippen molar-refractivity contribution in [2.24, 2.45) is 12.8 Å². The van der Waals surface area contributed by atoms with Gasteiger partial charge in [-0.05, 0) is 24.5 Å². The SMILES string of the molecule is Cn1cc(CN2CCCC(N)c3ccccc32)nn1. The van der Waals surface area contributed by atoms with Crippen molar-refractivity contribution in [2.75, 3.05) is 11.4 Å². The average Bonchev–Trinajstić information content (AvgIpc) is 2.75. The van der Waals surface area contributed by atoms with Crippen LogP contribution in [0, 0.1) is 0 Å². The molecule has 0 radical (unpaired) electrons. The molecule has 19 heavy (non-hydrogen) atoms. The summed E-state index contributed by atoms with van der Waals surface area (Å²) in [6, 6.07) is 8.56. The van der Waals surface area contributed by atoms with Gasteiger partial charge in [-0.1, -0.05) is 23.4 Å². The van der Waals surface area contributed by atoms with Crippen molar-refractivity contribution in [1.82, 2.24) is 15.0 Å². The molecule has 0 spiro atoms. The molecule has 1 aliphatic heterocycles. The Bertz CT molecular complexity index is 562. The fourth-order valence-corrected chi connectivity index (χ4v) is 2.69. The topological polar surface area (TPSA) is 60.0 Å². The van der Waals surface area contributed by atoms with Crippen LogP contribution in [0.3, 0.4) is 0 Å². The number of nitrogens with zero attached hydrogens (tertiary/aromatic N) is 4. The summed E-state index contributed by atoms with van der Waals surface area (Å²) in [6.07, 6.45) is 4.11. The molecule has 0 amide bonds. The third kappa shape index (κ3) is 2.46. The second-order valence-electron chi connectivity index (χ2n) is 5.11. The van der Waals surface area contributed by atoms with Crippen molar-refractivity contribution in [2.45, 2.75) is 25.4 Å². The smallest absolute Gasteiger partial charge is 0.102 e.